The van der Waals surface area contributed by atoms with Gasteiger partial charge in [0.25, 0.3) is 0 Å². The highest BCUT2D eigenvalue weighted by atomic mass is 79.9. The third-order valence-electron chi connectivity index (χ3n) is 2.57. The lowest BCUT2D eigenvalue weighted by atomic mass is 10.1. The van der Waals surface area contributed by atoms with Gasteiger partial charge in [0.2, 0.25) is 10.0 Å². The van der Waals surface area contributed by atoms with Gasteiger partial charge < -0.3 is 5.11 Å². The maximum absolute atomic E-state index is 13.6. The van der Waals surface area contributed by atoms with Gasteiger partial charge in [-0.2, -0.15) is 0 Å². The minimum Gasteiger partial charge on any atom is -0.481 e. The summed E-state index contributed by atoms with van der Waals surface area (Å²) in [4.78, 5) is 9.95. The Kier molecular flexibility index (Phi) is 6.09. The normalized spacial score (nSPS) is 13.2. The number of hydrogen-bond donors (Lipinski definition) is 2. The molecule has 1 aromatic rings. The first-order valence-electron chi connectivity index (χ1n) is 5.91. The maximum Gasteiger partial charge on any atom is 0.303 e. The molecule has 1 unspecified atom stereocenters. The summed E-state index contributed by atoms with van der Waals surface area (Å²) < 4.78 is 40.4. The molecule has 5 nitrogen and oxygen atoms in total. The number of rotatable bonds is 7. The van der Waals surface area contributed by atoms with Gasteiger partial charge in [-0.3, -0.25) is 4.79 Å². The zero-order chi connectivity index (χ0) is 15.3. The number of halogens is 2. The van der Waals surface area contributed by atoms with E-state index in [9.17, 15) is 17.6 Å². The van der Waals surface area contributed by atoms with Crippen molar-refractivity contribution < 1.29 is 22.7 Å². The van der Waals surface area contributed by atoms with Gasteiger partial charge in [-0.25, -0.2) is 17.5 Å². The molecule has 0 fully saturated rings. The third kappa shape index (κ3) is 5.18. The molecule has 0 aliphatic carbocycles. The molecule has 1 aromatic carbocycles. The van der Waals surface area contributed by atoms with Crippen molar-refractivity contribution in [3.8, 4) is 0 Å². The van der Waals surface area contributed by atoms with Crippen LogP contribution in [0, 0.1) is 5.82 Å². The van der Waals surface area contributed by atoms with E-state index in [-0.39, 0.29) is 6.42 Å². The van der Waals surface area contributed by atoms with Crippen molar-refractivity contribution in [3.63, 3.8) is 0 Å². The number of benzene rings is 1. The molecule has 1 atom stereocenters. The highest BCUT2D eigenvalue weighted by Gasteiger charge is 2.21. The Hall–Kier alpha value is -0.990. The van der Waals surface area contributed by atoms with Gasteiger partial charge in [-0.05, 0) is 38.0 Å². The van der Waals surface area contributed by atoms with Crippen LogP contribution in [0.2, 0.25) is 0 Å². The van der Waals surface area contributed by atoms with Crippen LogP contribution in [0.3, 0.4) is 0 Å². The molecule has 112 valence electrons. The monoisotopic (exact) mass is 367 g/mol. The van der Waals surface area contributed by atoms with Crippen molar-refractivity contribution in [1.29, 1.82) is 0 Å². The largest absolute Gasteiger partial charge is 0.481 e. The summed E-state index contributed by atoms with van der Waals surface area (Å²) in [5.41, 5.74) is 0. The molecule has 0 aliphatic rings. The molecule has 8 heteroatoms. The maximum atomic E-state index is 13.6. The van der Waals surface area contributed by atoms with E-state index < -0.39 is 32.7 Å². The van der Waals surface area contributed by atoms with E-state index in [0.29, 0.717) is 17.3 Å². The molecular formula is C12H15BrFNO4S. The highest BCUT2D eigenvalue weighted by molar-refractivity contribution is 9.10. The smallest absolute Gasteiger partial charge is 0.303 e. The topological polar surface area (TPSA) is 83.5 Å². The predicted octanol–water partition coefficient (Wildman–Crippen LogP) is 2.51. The summed E-state index contributed by atoms with van der Waals surface area (Å²) in [5, 5.41) is 8.51. The van der Waals surface area contributed by atoms with Crippen LogP contribution in [0.15, 0.2) is 27.6 Å². The van der Waals surface area contributed by atoms with Crippen LogP contribution in [-0.2, 0) is 14.8 Å². The lowest BCUT2D eigenvalue weighted by Crippen LogP contribution is -2.33. The molecule has 0 heterocycles. The predicted molar refractivity (Wildman–Crippen MR) is 75.4 cm³/mol. The second-order valence-corrected chi connectivity index (χ2v) is 6.98. The van der Waals surface area contributed by atoms with E-state index in [1.54, 1.807) is 6.92 Å². The summed E-state index contributed by atoms with van der Waals surface area (Å²) in [6.07, 6.45) is 0.685. The summed E-state index contributed by atoms with van der Waals surface area (Å²) in [7, 11) is -3.95. The summed E-state index contributed by atoms with van der Waals surface area (Å²) >= 11 is 3.05. The molecule has 0 saturated heterocycles. The Bertz CT molecular complexity index is 591. The van der Waals surface area contributed by atoms with E-state index in [4.69, 9.17) is 5.11 Å². The van der Waals surface area contributed by atoms with Gasteiger partial charge in [0.15, 0.2) is 0 Å². The second kappa shape index (κ2) is 7.14. The summed E-state index contributed by atoms with van der Waals surface area (Å²) in [6.45, 7) is 1.61. The minimum atomic E-state index is -3.95. The van der Waals surface area contributed by atoms with Gasteiger partial charge >= 0.3 is 5.97 Å². The van der Waals surface area contributed by atoms with Crippen LogP contribution in [0.25, 0.3) is 0 Å². The molecule has 0 aromatic heterocycles. The fraction of sp³-hybridized carbons (Fsp3) is 0.417. The fourth-order valence-electron chi connectivity index (χ4n) is 1.64. The number of hydrogen-bond acceptors (Lipinski definition) is 3. The van der Waals surface area contributed by atoms with Crippen molar-refractivity contribution in [2.45, 2.75) is 37.1 Å². The molecular weight excluding hydrogens is 353 g/mol. The van der Waals surface area contributed by atoms with E-state index in [0.717, 1.165) is 6.07 Å². The number of carboxylic acids is 1. The number of aliphatic carboxylic acids is 1. The molecule has 0 spiro atoms. The van der Waals surface area contributed by atoms with Crippen LogP contribution in [-0.4, -0.2) is 25.5 Å². The molecule has 1 rings (SSSR count). The van der Waals surface area contributed by atoms with Crippen molar-refractivity contribution >= 4 is 31.9 Å². The SMILES string of the molecule is CC(CCCC(=O)O)NS(=O)(=O)c1ccc(Br)cc1F. The Morgan fingerprint density at radius 3 is 2.70 bits per heavy atom. The van der Waals surface area contributed by atoms with E-state index >= 15 is 0 Å². The Morgan fingerprint density at radius 1 is 1.50 bits per heavy atom. The van der Waals surface area contributed by atoms with Crippen molar-refractivity contribution in [2.75, 3.05) is 0 Å². The third-order valence-corrected chi connectivity index (χ3v) is 4.68. The highest BCUT2D eigenvalue weighted by Crippen LogP contribution is 2.19. The molecule has 2 N–H and O–H groups in total. The molecule has 20 heavy (non-hydrogen) atoms. The van der Waals surface area contributed by atoms with Crippen LogP contribution in [0.5, 0.6) is 0 Å². The summed E-state index contributed by atoms with van der Waals surface area (Å²) in [6, 6.07) is 3.21. The fourth-order valence-corrected chi connectivity index (χ4v) is 3.31. The van der Waals surface area contributed by atoms with Crippen molar-refractivity contribution in [1.82, 2.24) is 4.72 Å². The molecule has 0 aliphatic heterocycles. The Labute approximate surface area is 125 Å². The number of sulfonamides is 1. The first-order chi connectivity index (χ1) is 9.22. The van der Waals surface area contributed by atoms with E-state index in [1.807, 2.05) is 0 Å². The van der Waals surface area contributed by atoms with Crippen LogP contribution < -0.4 is 4.72 Å². The number of carbonyl (C=O) groups is 1. The average molecular weight is 368 g/mol. The van der Waals surface area contributed by atoms with Crippen LogP contribution >= 0.6 is 15.9 Å². The zero-order valence-electron chi connectivity index (χ0n) is 10.8. The van der Waals surface area contributed by atoms with Crippen molar-refractivity contribution in [3.05, 3.63) is 28.5 Å². The van der Waals surface area contributed by atoms with Gasteiger partial charge in [0.1, 0.15) is 10.7 Å². The van der Waals surface area contributed by atoms with Gasteiger partial charge in [-0.15, -0.1) is 0 Å². The average Bonchev–Trinajstić information content (AvgIpc) is 2.26. The van der Waals surface area contributed by atoms with Gasteiger partial charge in [0.05, 0.1) is 0 Å². The molecule has 0 saturated carbocycles. The first kappa shape index (κ1) is 17.1. The minimum absolute atomic E-state index is 0.0291. The number of carboxylic acid groups (broad SMARTS) is 1. The van der Waals surface area contributed by atoms with Crippen LogP contribution in [0.1, 0.15) is 26.2 Å². The Morgan fingerprint density at radius 2 is 2.15 bits per heavy atom. The van der Waals surface area contributed by atoms with Crippen molar-refractivity contribution in [2.24, 2.45) is 0 Å². The molecule has 0 radical (unpaired) electrons. The molecule has 0 bridgehead atoms. The first-order valence-corrected chi connectivity index (χ1v) is 8.19. The second-order valence-electron chi connectivity index (χ2n) is 4.38. The zero-order valence-corrected chi connectivity index (χ0v) is 13.2. The van der Waals surface area contributed by atoms with Gasteiger partial charge in [0, 0.05) is 16.9 Å². The van der Waals surface area contributed by atoms with E-state index in [2.05, 4.69) is 20.7 Å². The Balaban J connectivity index is 2.72. The standard InChI is InChI=1S/C12H15BrFNO4S/c1-8(3-2-4-12(16)17)15-20(18,19)11-6-5-9(13)7-10(11)14/h5-8,15H,2-4H2,1H3,(H,16,17). The van der Waals surface area contributed by atoms with Crippen LogP contribution in [0.4, 0.5) is 4.39 Å². The quantitative estimate of drug-likeness (QED) is 0.775. The van der Waals surface area contributed by atoms with E-state index in [1.165, 1.54) is 12.1 Å². The lowest BCUT2D eigenvalue weighted by molar-refractivity contribution is -0.137. The number of nitrogens with one attached hydrogen (secondary N) is 1. The van der Waals surface area contributed by atoms with Gasteiger partial charge in [-0.1, -0.05) is 15.9 Å². The molecule has 0 amide bonds. The lowest BCUT2D eigenvalue weighted by Gasteiger charge is -2.14. The summed E-state index contributed by atoms with van der Waals surface area (Å²) in [5.74, 6) is -1.77.